The Balaban J connectivity index is 1.97. The molecular weight excluding hydrogens is 228 g/mol. The lowest BCUT2D eigenvalue weighted by Gasteiger charge is -2.37. The first-order valence-corrected chi connectivity index (χ1v) is 6.33. The number of rotatable bonds is 3. The number of anilines is 1. The minimum Gasteiger partial charge on any atom is -0.411 e. The summed E-state index contributed by atoms with van der Waals surface area (Å²) < 4.78 is 0. The second-order valence-electron chi connectivity index (χ2n) is 4.81. The van der Waals surface area contributed by atoms with E-state index in [2.05, 4.69) is 33.8 Å². The summed E-state index contributed by atoms with van der Waals surface area (Å²) in [6, 6.07) is 4.50. The quantitative estimate of drug-likeness (QED) is 0.499. The maximum Gasteiger partial charge on any atom is 0.128 e. The van der Waals surface area contributed by atoms with Crippen LogP contribution in [0.5, 0.6) is 0 Å². The van der Waals surface area contributed by atoms with Crippen molar-refractivity contribution in [2.45, 2.75) is 19.9 Å². The first kappa shape index (κ1) is 12.8. The van der Waals surface area contributed by atoms with Crippen molar-refractivity contribution in [3.05, 3.63) is 23.9 Å². The summed E-state index contributed by atoms with van der Waals surface area (Å²) in [7, 11) is 0. The van der Waals surface area contributed by atoms with Crippen LogP contribution in [0.4, 0.5) is 5.82 Å². The molecule has 0 unspecified atom stereocenters. The Morgan fingerprint density at radius 1 is 1.28 bits per heavy atom. The molecule has 5 heteroatoms. The van der Waals surface area contributed by atoms with E-state index in [0.717, 1.165) is 37.6 Å². The Kier molecular flexibility index (Phi) is 4.15. The zero-order valence-corrected chi connectivity index (χ0v) is 11.0. The Labute approximate surface area is 108 Å². The highest BCUT2D eigenvalue weighted by molar-refractivity contribution is 5.78. The SMILES string of the molecule is CC(C)N1CCN(c2ccc(/C=N\O)cn2)CC1. The van der Waals surface area contributed by atoms with Gasteiger partial charge in [0.1, 0.15) is 5.82 Å². The molecule has 98 valence electrons. The predicted octanol–water partition coefficient (Wildman–Crippen LogP) is 1.42. The summed E-state index contributed by atoms with van der Waals surface area (Å²) in [6.45, 7) is 8.66. The fourth-order valence-electron chi connectivity index (χ4n) is 2.20. The number of oxime groups is 1. The molecule has 0 aliphatic carbocycles. The highest BCUT2D eigenvalue weighted by Crippen LogP contribution is 2.14. The molecule has 0 bridgehead atoms. The molecule has 2 rings (SSSR count). The van der Waals surface area contributed by atoms with Crippen LogP contribution >= 0.6 is 0 Å². The second kappa shape index (κ2) is 5.82. The third kappa shape index (κ3) is 2.98. The van der Waals surface area contributed by atoms with E-state index >= 15 is 0 Å². The largest absolute Gasteiger partial charge is 0.411 e. The Morgan fingerprint density at radius 3 is 2.50 bits per heavy atom. The molecule has 5 nitrogen and oxygen atoms in total. The van der Waals surface area contributed by atoms with E-state index in [9.17, 15) is 0 Å². The van der Waals surface area contributed by atoms with E-state index in [1.54, 1.807) is 6.20 Å². The maximum atomic E-state index is 8.44. The summed E-state index contributed by atoms with van der Waals surface area (Å²) in [5.74, 6) is 0.994. The lowest BCUT2D eigenvalue weighted by atomic mass is 10.2. The van der Waals surface area contributed by atoms with Crippen molar-refractivity contribution in [1.82, 2.24) is 9.88 Å². The van der Waals surface area contributed by atoms with Crippen LogP contribution < -0.4 is 4.90 Å². The van der Waals surface area contributed by atoms with Gasteiger partial charge in [-0.05, 0) is 26.0 Å². The van der Waals surface area contributed by atoms with Crippen molar-refractivity contribution in [2.24, 2.45) is 5.16 Å². The Hall–Kier alpha value is -1.62. The van der Waals surface area contributed by atoms with E-state index in [0.29, 0.717) is 6.04 Å². The van der Waals surface area contributed by atoms with Gasteiger partial charge in [0.25, 0.3) is 0 Å². The fourth-order valence-corrected chi connectivity index (χ4v) is 2.20. The molecule has 1 aliphatic heterocycles. The van der Waals surface area contributed by atoms with Crippen LogP contribution in [0.15, 0.2) is 23.5 Å². The van der Waals surface area contributed by atoms with E-state index in [1.807, 2.05) is 12.1 Å². The van der Waals surface area contributed by atoms with E-state index < -0.39 is 0 Å². The van der Waals surface area contributed by atoms with Gasteiger partial charge in [-0.1, -0.05) is 5.16 Å². The highest BCUT2D eigenvalue weighted by atomic mass is 16.4. The van der Waals surface area contributed by atoms with Gasteiger partial charge in [-0.15, -0.1) is 0 Å². The zero-order valence-electron chi connectivity index (χ0n) is 11.0. The number of nitrogens with zero attached hydrogens (tertiary/aromatic N) is 4. The van der Waals surface area contributed by atoms with Gasteiger partial charge >= 0.3 is 0 Å². The van der Waals surface area contributed by atoms with Gasteiger partial charge in [0.2, 0.25) is 0 Å². The standard InChI is InChI=1S/C13H20N4O/c1-11(2)16-5-7-17(8-6-16)13-4-3-12(9-14-13)10-15-18/h3-4,9-11,18H,5-8H2,1-2H3/b15-10-. The molecule has 0 aromatic carbocycles. The van der Waals surface area contributed by atoms with E-state index in [1.165, 1.54) is 6.21 Å². The Bertz CT molecular complexity index is 394. The molecule has 1 aliphatic rings. The molecule has 2 heterocycles. The molecule has 1 fully saturated rings. The van der Waals surface area contributed by atoms with E-state index in [-0.39, 0.29) is 0 Å². The minimum absolute atomic E-state index is 0.614. The van der Waals surface area contributed by atoms with Crippen molar-refractivity contribution >= 4 is 12.0 Å². The summed E-state index contributed by atoms with van der Waals surface area (Å²) >= 11 is 0. The first-order chi connectivity index (χ1) is 8.70. The third-order valence-corrected chi connectivity index (χ3v) is 3.35. The molecule has 0 spiro atoms. The molecule has 0 amide bonds. The average Bonchev–Trinajstić information content (AvgIpc) is 2.40. The minimum atomic E-state index is 0.614. The van der Waals surface area contributed by atoms with Gasteiger partial charge in [-0.2, -0.15) is 0 Å². The molecule has 0 saturated carbocycles. The lowest BCUT2D eigenvalue weighted by molar-refractivity contribution is 0.209. The normalized spacial score (nSPS) is 17.8. The molecule has 1 aromatic rings. The molecule has 0 atom stereocenters. The monoisotopic (exact) mass is 248 g/mol. The Morgan fingerprint density at radius 2 is 2.00 bits per heavy atom. The third-order valence-electron chi connectivity index (χ3n) is 3.35. The average molecular weight is 248 g/mol. The molecule has 1 N–H and O–H groups in total. The van der Waals surface area contributed by atoms with Crippen LogP contribution in [0.2, 0.25) is 0 Å². The van der Waals surface area contributed by atoms with Crippen LogP contribution in [0.1, 0.15) is 19.4 Å². The van der Waals surface area contributed by atoms with Gasteiger partial charge in [0.15, 0.2) is 0 Å². The summed E-state index contributed by atoms with van der Waals surface area (Å²) in [5.41, 5.74) is 0.807. The lowest BCUT2D eigenvalue weighted by Crippen LogP contribution is -2.49. The molecule has 1 saturated heterocycles. The first-order valence-electron chi connectivity index (χ1n) is 6.33. The van der Waals surface area contributed by atoms with Gasteiger partial charge < -0.3 is 10.1 Å². The van der Waals surface area contributed by atoms with Gasteiger partial charge in [0.05, 0.1) is 6.21 Å². The van der Waals surface area contributed by atoms with Crippen LogP contribution in [-0.4, -0.2) is 53.5 Å². The van der Waals surface area contributed by atoms with Crippen molar-refractivity contribution in [3.8, 4) is 0 Å². The van der Waals surface area contributed by atoms with Crippen LogP contribution in [0, 0.1) is 0 Å². The number of hydrogen-bond acceptors (Lipinski definition) is 5. The molecular formula is C13H20N4O. The van der Waals surface area contributed by atoms with Crippen molar-refractivity contribution in [2.75, 3.05) is 31.1 Å². The summed E-state index contributed by atoms with van der Waals surface area (Å²) in [6.07, 6.45) is 3.11. The molecule has 18 heavy (non-hydrogen) atoms. The topological polar surface area (TPSA) is 52.0 Å². The van der Waals surface area contributed by atoms with Gasteiger partial charge in [0, 0.05) is 44.0 Å². The second-order valence-corrected chi connectivity index (χ2v) is 4.81. The number of aromatic nitrogens is 1. The smallest absolute Gasteiger partial charge is 0.128 e. The van der Waals surface area contributed by atoms with Crippen molar-refractivity contribution in [1.29, 1.82) is 0 Å². The predicted molar refractivity (Wildman–Crippen MR) is 72.5 cm³/mol. The van der Waals surface area contributed by atoms with E-state index in [4.69, 9.17) is 5.21 Å². The van der Waals surface area contributed by atoms with Crippen molar-refractivity contribution < 1.29 is 5.21 Å². The summed E-state index contributed by atoms with van der Waals surface area (Å²) in [4.78, 5) is 9.16. The maximum absolute atomic E-state index is 8.44. The van der Waals surface area contributed by atoms with Gasteiger partial charge in [-0.3, -0.25) is 4.90 Å². The van der Waals surface area contributed by atoms with Crippen LogP contribution in [-0.2, 0) is 0 Å². The number of piperazine rings is 1. The summed E-state index contributed by atoms with van der Waals surface area (Å²) in [5, 5.41) is 11.4. The fraction of sp³-hybridized carbons (Fsp3) is 0.538. The van der Waals surface area contributed by atoms with Crippen LogP contribution in [0.25, 0.3) is 0 Å². The van der Waals surface area contributed by atoms with Crippen molar-refractivity contribution in [3.63, 3.8) is 0 Å². The number of pyridine rings is 1. The molecule has 1 aromatic heterocycles. The number of hydrogen-bond donors (Lipinski definition) is 1. The van der Waals surface area contributed by atoms with Gasteiger partial charge in [-0.25, -0.2) is 4.98 Å². The zero-order chi connectivity index (χ0) is 13.0. The highest BCUT2D eigenvalue weighted by Gasteiger charge is 2.19. The van der Waals surface area contributed by atoms with Crippen LogP contribution in [0.3, 0.4) is 0 Å². The molecule has 0 radical (unpaired) electrons.